The van der Waals surface area contributed by atoms with E-state index in [1.807, 2.05) is 0 Å². The summed E-state index contributed by atoms with van der Waals surface area (Å²) in [5, 5.41) is 0. The van der Waals surface area contributed by atoms with Gasteiger partial charge in [0.05, 0.1) is 5.54 Å². The van der Waals surface area contributed by atoms with Crippen molar-refractivity contribution in [2.45, 2.75) is 12.0 Å². The third-order valence-corrected chi connectivity index (χ3v) is 2.51. The summed E-state index contributed by atoms with van der Waals surface area (Å²) in [4.78, 5) is 2.42. The first-order chi connectivity index (χ1) is 5.37. The van der Waals surface area contributed by atoms with Gasteiger partial charge in [0, 0.05) is 19.6 Å². The number of nitrogens with two attached hydrogens (primary N) is 1. The SMILES string of the molecule is NCCN1CC12C=CC=CC2. The van der Waals surface area contributed by atoms with Gasteiger partial charge in [0.25, 0.3) is 0 Å². The van der Waals surface area contributed by atoms with Gasteiger partial charge < -0.3 is 5.73 Å². The van der Waals surface area contributed by atoms with Gasteiger partial charge >= 0.3 is 0 Å². The molecule has 60 valence electrons. The summed E-state index contributed by atoms with van der Waals surface area (Å²) in [7, 11) is 0. The van der Waals surface area contributed by atoms with Crippen molar-refractivity contribution < 1.29 is 0 Å². The summed E-state index contributed by atoms with van der Waals surface area (Å²) in [6, 6.07) is 0. The van der Waals surface area contributed by atoms with Gasteiger partial charge in [0.1, 0.15) is 0 Å². The minimum absolute atomic E-state index is 0.383. The van der Waals surface area contributed by atoms with Crippen LogP contribution in [-0.2, 0) is 0 Å². The molecular formula is C9H14N2. The van der Waals surface area contributed by atoms with Crippen molar-refractivity contribution in [3.8, 4) is 0 Å². The van der Waals surface area contributed by atoms with Gasteiger partial charge in [-0.2, -0.15) is 0 Å². The van der Waals surface area contributed by atoms with Crippen LogP contribution < -0.4 is 5.73 Å². The van der Waals surface area contributed by atoms with Crippen molar-refractivity contribution in [1.29, 1.82) is 0 Å². The fourth-order valence-electron chi connectivity index (χ4n) is 1.76. The predicted octanol–water partition coefficient (Wildman–Crippen LogP) is 0.516. The quantitative estimate of drug-likeness (QED) is 0.581. The maximum absolute atomic E-state index is 5.48. The molecule has 0 radical (unpaired) electrons. The molecule has 1 saturated heterocycles. The number of hydrogen-bond acceptors (Lipinski definition) is 2. The van der Waals surface area contributed by atoms with Crippen LogP contribution in [-0.4, -0.2) is 30.1 Å². The predicted molar refractivity (Wildman–Crippen MR) is 46.3 cm³/mol. The second-order valence-electron chi connectivity index (χ2n) is 3.31. The normalized spacial score (nSPS) is 39.9. The lowest BCUT2D eigenvalue weighted by atomic mass is 10.0. The minimum atomic E-state index is 0.383. The van der Waals surface area contributed by atoms with Crippen molar-refractivity contribution in [2.24, 2.45) is 5.73 Å². The summed E-state index contributed by atoms with van der Waals surface area (Å²) in [5.41, 5.74) is 5.86. The Kier molecular flexibility index (Phi) is 1.59. The van der Waals surface area contributed by atoms with Crippen LogP contribution in [0, 0.1) is 0 Å². The lowest BCUT2D eigenvalue weighted by Gasteiger charge is -2.12. The highest BCUT2D eigenvalue weighted by molar-refractivity contribution is 5.29. The van der Waals surface area contributed by atoms with E-state index in [1.54, 1.807) is 0 Å². The van der Waals surface area contributed by atoms with Crippen LogP contribution >= 0.6 is 0 Å². The Bertz CT molecular complexity index is 208. The molecule has 1 aliphatic heterocycles. The largest absolute Gasteiger partial charge is 0.329 e. The first kappa shape index (κ1) is 7.07. The molecule has 2 atom stereocenters. The van der Waals surface area contributed by atoms with Gasteiger partial charge in [-0.05, 0) is 6.42 Å². The van der Waals surface area contributed by atoms with Gasteiger partial charge in [-0.25, -0.2) is 0 Å². The Hall–Kier alpha value is -0.600. The standard InChI is InChI=1S/C9H14N2/c10-6-7-11-8-9(11)4-2-1-3-5-9/h1-4H,5-8,10H2. The molecule has 2 rings (SSSR count). The van der Waals surface area contributed by atoms with E-state index in [2.05, 4.69) is 29.2 Å². The molecule has 0 bridgehead atoms. The smallest absolute Gasteiger partial charge is 0.0558 e. The first-order valence-electron chi connectivity index (χ1n) is 4.17. The zero-order valence-electron chi connectivity index (χ0n) is 6.66. The third kappa shape index (κ3) is 1.12. The Balaban J connectivity index is 1.96. The number of hydrogen-bond donors (Lipinski definition) is 1. The zero-order chi connectivity index (χ0) is 7.73. The third-order valence-electron chi connectivity index (χ3n) is 2.51. The molecule has 2 unspecified atom stereocenters. The number of nitrogens with zero attached hydrogens (tertiary/aromatic N) is 1. The minimum Gasteiger partial charge on any atom is -0.329 e. The highest BCUT2D eigenvalue weighted by atomic mass is 15.4. The van der Waals surface area contributed by atoms with Crippen molar-refractivity contribution in [1.82, 2.24) is 4.90 Å². The summed E-state index contributed by atoms with van der Waals surface area (Å²) in [6.07, 6.45) is 9.95. The average Bonchev–Trinajstić information content (AvgIpc) is 2.66. The lowest BCUT2D eigenvalue weighted by Crippen LogP contribution is -2.21. The number of allylic oxidation sites excluding steroid dienone is 2. The van der Waals surface area contributed by atoms with Crippen LogP contribution in [0.4, 0.5) is 0 Å². The Morgan fingerprint density at radius 3 is 3.00 bits per heavy atom. The maximum atomic E-state index is 5.48. The van der Waals surface area contributed by atoms with Crippen molar-refractivity contribution in [3.63, 3.8) is 0 Å². The van der Waals surface area contributed by atoms with E-state index in [-0.39, 0.29) is 0 Å². The second kappa shape index (κ2) is 2.47. The average molecular weight is 150 g/mol. The number of rotatable bonds is 2. The summed E-state index contributed by atoms with van der Waals surface area (Å²) >= 11 is 0. The lowest BCUT2D eigenvalue weighted by molar-refractivity contribution is 0.462. The van der Waals surface area contributed by atoms with Crippen LogP contribution in [0.25, 0.3) is 0 Å². The van der Waals surface area contributed by atoms with Crippen LogP contribution in [0.1, 0.15) is 6.42 Å². The molecule has 0 aromatic carbocycles. The van der Waals surface area contributed by atoms with E-state index in [1.165, 1.54) is 13.0 Å². The van der Waals surface area contributed by atoms with E-state index < -0.39 is 0 Å². The van der Waals surface area contributed by atoms with Crippen molar-refractivity contribution >= 4 is 0 Å². The summed E-state index contributed by atoms with van der Waals surface area (Å²) in [5.74, 6) is 0. The molecule has 0 amide bonds. The molecule has 2 nitrogen and oxygen atoms in total. The highest BCUT2D eigenvalue weighted by Crippen LogP contribution is 2.38. The molecule has 0 aromatic rings. The molecule has 2 heteroatoms. The molecular weight excluding hydrogens is 136 g/mol. The molecule has 1 aliphatic carbocycles. The summed E-state index contributed by atoms with van der Waals surface area (Å²) < 4.78 is 0. The van der Waals surface area contributed by atoms with Gasteiger partial charge in [0.2, 0.25) is 0 Å². The van der Waals surface area contributed by atoms with E-state index in [0.29, 0.717) is 5.54 Å². The fraction of sp³-hybridized carbons (Fsp3) is 0.556. The molecule has 2 N–H and O–H groups in total. The van der Waals surface area contributed by atoms with E-state index in [9.17, 15) is 0 Å². The highest BCUT2D eigenvalue weighted by Gasteiger charge is 2.48. The van der Waals surface area contributed by atoms with E-state index >= 15 is 0 Å². The van der Waals surface area contributed by atoms with E-state index in [0.717, 1.165) is 13.1 Å². The van der Waals surface area contributed by atoms with Crippen LogP contribution in [0.15, 0.2) is 24.3 Å². The van der Waals surface area contributed by atoms with Gasteiger partial charge in [0.15, 0.2) is 0 Å². The van der Waals surface area contributed by atoms with Crippen molar-refractivity contribution in [2.75, 3.05) is 19.6 Å². The van der Waals surface area contributed by atoms with E-state index in [4.69, 9.17) is 5.73 Å². The molecule has 1 fully saturated rings. The van der Waals surface area contributed by atoms with Crippen LogP contribution in [0.3, 0.4) is 0 Å². The topological polar surface area (TPSA) is 29.0 Å². The van der Waals surface area contributed by atoms with Crippen molar-refractivity contribution in [3.05, 3.63) is 24.3 Å². The maximum Gasteiger partial charge on any atom is 0.0558 e. The van der Waals surface area contributed by atoms with Gasteiger partial charge in [-0.1, -0.05) is 24.3 Å². The van der Waals surface area contributed by atoms with Crippen LogP contribution in [0.5, 0.6) is 0 Å². The zero-order valence-corrected chi connectivity index (χ0v) is 6.66. The summed E-state index contributed by atoms with van der Waals surface area (Å²) in [6.45, 7) is 3.02. The Morgan fingerprint density at radius 2 is 2.36 bits per heavy atom. The van der Waals surface area contributed by atoms with Crippen LogP contribution in [0.2, 0.25) is 0 Å². The molecule has 0 saturated carbocycles. The van der Waals surface area contributed by atoms with Gasteiger partial charge in [-0.3, -0.25) is 4.90 Å². The molecule has 11 heavy (non-hydrogen) atoms. The first-order valence-corrected chi connectivity index (χ1v) is 4.17. The molecule has 2 aliphatic rings. The monoisotopic (exact) mass is 150 g/mol. The molecule has 1 heterocycles. The Morgan fingerprint density at radius 1 is 1.45 bits per heavy atom. The molecule has 0 aromatic heterocycles. The van der Waals surface area contributed by atoms with Gasteiger partial charge in [-0.15, -0.1) is 0 Å². The molecule has 1 spiro atoms. The fourth-order valence-corrected chi connectivity index (χ4v) is 1.76. The second-order valence-corrected chi connectivity index (χ2v) is 3.31. The Labute approximate surface area is 67.4 Å².